The number of carboxylic acids is 1. The minimum atomic E-state index is -0.906. The van der Waals surface area contributed by atoms with Gasteiger partial charge in [-0.2, -0.15) is 0 Å². The fourth-order valence-corrected chi connectivity index (χ4v) is 2.46. The maximum Gasteiger partial charge on any atom is 0.335 e. The summed E-state index contributed by atoms with van der Waals surface area (Å²) >= 11 is 1.54. The quantitative estimate of drug-likeness (QED) is 0.827. The van der Waals surface area contributed by atoms with Crippen LogP contribution in [0, 0.1) is 0 Å². The van der Waals surface area contributed by atoms with E-state index in [4.69, 9.17) is 5.11 Å². The Balaban J connectivity index is 2.10. The van der Waals surface area contributed by atoms with Crippen LogP contribution in [0.25, 0.3) is 0 Å². The Labute approximate surface area is 109 Å². The molecule has 3 nitrogen and oxygen atoms in total. The van der Waals surface area contributed by atoms with Gasteiger partial charge < -0.3 is 10.2 Å². The molecule has 0 amide bonds. The summed E-state index contributed by atoms with van der Waals surface area (Å²) in [5.41, 5.74) is 1.13. The average Bonchev–Trinajstić information content (AvgIpc) is 2.38. The number of carboxylic acid groups (broad SMARTS) is 1. The van der Waals surface area contributed by atoms with Crippen LogP contribution in [0.2, 0.25) is 0 Å². The van der Waals surface area contributed by atoms with Gasteiger partial charge in [-0.25, -0.2) is 4.79 Å². The Hall–Kier alpha value is -1.94. The molecular formula is C14H12O3S. The van der Waals surface area contributed by atoms with E-state index in [2.05, 4.69) is 0 Å². The lowest BCUT2D eigenvalue weighted by Crippen LogP contribution is -2.00. The molecule has 2 rings (SSSR count). The minimum Gasteiger partial charge on any atom is -0.508 e. The normalized spacial score (nSPS) is 10.2. The third kappa shape index (κ3) is 3.05. The van der Waals surface area contributed by atoms with Crippen LogP contribution >= 0.6 is 11.8 Å². The SMILES string of the molecule is O=C(O)c1ccccc1CSc1ccc(O)cc1. The van der Waals surface area contributed by atoms with Crippen molar-refractivity contribution in [2.24, 2.45) is 0 Å². The Morgan fingerprint density at radius 2 is 1.72 bits per heavy atom. The maximum atomic E-state index is 11.0. The molecule has 18 heavy (non-hydrogen) atoms. The van der Waals surface area contributed by atoms with Gasteiger partial charge >= 0.3 is 5.97 Å². The lowest BCUT2D eigenvalue weighted by atomic mass is 10.1. The Bertz CT molecular complexity index is 549. The number of aromatic hydroxyl groups is 1. The molecule has 2 aromatic rings. The van der Waals surface area contributed by atoms with Gasteiger partial charge in [0.25, 0.3) is 0 Å². The van der Waals surface area contributed by atoms with Crippen LogP contribution in [0.4, 0.5) is 0 Å². The van der Waals surface area contributed by atoms with Crippen molar-refractivity contribution in [3.63, 3.8) is 0 Å². The summed E-state index contributed by atoms with van der Waals surface area (Å²) in [5.74, 6) is -0.0880. The molecule has 0 aliphatic carbocycles. The van der Waals surface area contributed by atoms with Crippen molar-refractivity contribution in [3.8, 4) is 5.75 Å². The van der Waals surface area contributed by atoms with Gasteiger partial charge in [0.2, 0.25) is 0 Å². The Morgan fingerprint density at radius 1 is 1.06 bits per heavy atom. The van der Waals surface area contributed by atoms with Crippen LogP contribution in [0.3, 0.4) is 0 Å². The van der Waals surface area contributed by atoms with E-state index >= 15 is 0 Å². The summed E-state index contributed by atoms with van der Waals surface area (Å²) < 4.78 is 0. The summed E-state index contributed by atoms with van der Waals surface area (Å²) in [6.45, 7) is 0. The zero-order valence-corrected chi connectivity index (χ0v) is 10.4. The second-order valence-electron chi connectivity index (χ2n) is 3.74. The summed E-state index contributed by atoms with van der Waals surface area (Å²) in [7, 11) is 0. The highest BCUT2D eigenvalue weighted by atomic mass is 32.2. The number of aromatic carboxylic acids is 1. The third-order valence-electron chi connectivity index (χ3n) is 2.48. The van der Waals surface area contributed by atoms with E-state index in [1.807, 2.05) is 24.3 Å². The molecule has 0 saturated heterocycles. The molecule has 2 N–H and O–H groups in total. The van der Waals surface area contributed by atoms with E-state index in [1.54, 1.807) is 24.3 Å². The smallest absolute Gasteiger partial charge is 0.335 e. The number of thioether (sulfide) groups is 1. The molecule has 0 aromatic heterocycles. The van der Waals surface area contributed by atoms with Gasteiger partial charge in [0.15, 0.2) is 0 Å². The number of phenolic OH excluding ortho intramolecular Hbond substituents is 1. The number of phenols is 1. The van der Waals surface area contributed by atoms with Crippen molar-refractivity contribution in [3.05, 3.63) is 59.7 Å². The Kier molecular flexibility index (Phi) is 3.89. The zero-order chi connectivity index (χ0) is 13.0. The average molecular weight is 260 g/mol. The molecule has 2 aromatic carbocycles. The van der Waals surface area contributed by atoms with Gasteiger partial charge in [-0.1, -0.05) is 18.2 Å². The van der Waals surface area contributed by atoms with Crippen LogP contribution in [-0.2, 0) is 5.75 Å². The summed E-state index contributed by atoms with van der Waals surface area (Å²) in [6.07, 6.45) is 0. The predicted octanol–water partition coefficient (Wildman–Crippen LogP) is 3.38. The summed E-state index contributed by atoms with van der Waals surface area (Å²) in [5, 5.41) is 18.2. The fourth-order valence-electron chi connectivity index (χ4n) is 1.56. The lowest BCUT2D eigenvalue weighted by Gasteiger charge is -2.05. The molecule has 4 heteroatoms. The van der Waals surface area contributed by atoms with Crippen molar-refractivity contribution >= 4 is 17.7 Å². The number of benzene rings is 2. The second-order valence-corrected chi connectivity index (χ2v) is 4.79. The Morgan fingerprint density at radius 3 is 2.39 bits per heavy atom. The van der Waals surface area contributed by atoms with Crippen LogP contribution in [-0.4, -0.2) is 16.2 Å². The van der Waals surface area contributed by atoms with Crippen molar-refractivity contribution in [1.82, 2.24) is 0 Å². The number of rotatable bonds is 4. The fraction of sp³-hybridized carbons (Fsp3) is 0.0714. The van der Waals surface area contributed by atoms with Gasteiger partial charge in [0, 0.05) is 10.6 Å². The first kappa shape index (κ1) is 12.5. The van der Waals surface area contributed by atoms with Crippen molar-refractivity contribution in [1.29, 1.82) is 0 Å². The second kappa shape index (κ2) is 5.60. The highest BCUT2D eigenvalue weighted by molar-refractivity contribution is 7.98. The molecule has 0 spiro atoms. The van der Waals surface area contributed by atoms with E-state index < -0.39 is 5.97 Å². The molecule has 0 unspecified atom stereocenters. The van der Waals surface area contributed by atoms with Gasteiger partial charge in [-0.15, -0.1) is 11.8 Å². The summed E-state index contributed by atoms with van der Waals surface area (Å²) in [4.78, 5) is 12.0. The minimum absolute atomic E-state index is 0.227. The highest BCUT2D eigenvalue weighted by Crippen LogP contribution is 2.25. The van der Waals surface area contributed by atoms with E-state index in [0.717, 1.165) is 10.5 Å². The van der Waals surface area contributed by atoms with Crippen molar-refractivity contribution < 1.29 is 15.0 Å². The van der Waals surface area contributed by atoms with E-state index in [9.17, 15) is 9.90 Å². The molecule has 0 aliphatic rings. The highest BCUT2D eigenvalue weighted by Gasteiger charge is 2.08. The molecule has 92 valence electrons. The van der Waals surface area contributed by atoms with E-state index in [1.165, 1.54) is 11.8 Å². The zero-order valence-electron chi connectivity index (χ0n) is 9.54. The first-order valence-electron chi connectivity index (χ1n) is 5.40. The van der Waals surface area contributed by atoms with Crippen molar-refractivity contribution in [2.75, 3.05) is 0 Å². The van der Waals surface area contributed by atoms with Crippen molar-refractivity contribution in [2.45, 2.75) is 10.6 Å². The van der Waals surface area contributed by atoms with Gasteiger partial charge in [-0.3, -0.25) is 0 Å². The monoisotopic (exact) mass is 260 g/mol. The molecule has 0 bridgehead atoms. The summed E-state index contributed by atoms with van der Waals surface area (Å²) in [6, 6.07) is 13.8. The lowest BCUT2D eigenvalue weighted by molar-refractivity contribution is 0.0696. The van der Waals surface area contributed by atoms with Crippen LogP contribution in [0.15, 0.2) is 53.4 Å². The third-order valence-corrected chi connectivity index (χ3v) is 3.54. The van der Waals surface area contributed by atoms with Crippen LogP contribution in [0.5, 0.6) is 5.75 Å². The molecule has 0 fully saturated rings. The van der Waals surface area contributed by atoms with Crippen LogP contribution in [0.1, 0.15) is 15.9 Å². The van der Waals surface area contributed by atoms with Crippen LogP contribution < -0.4 is 0 Å². The molecular weight excluding hydrogens is 248 g/mol. The molecule has 0 saturated carbocycles. The first-order valence-corrected chi connectivity index (χ1v) is 6.38. The van der Waals surface area contributed by atoms with Gasteiger partial charge in [-0.05, 0) is 35.9 Å². The molecule has 0 aliphatic heterocycles. The maximum absolute atomic E-state index is 11.0. The number of hydrogen-bond donors (Lipinski definition) is 2. The van der Waals surface area contributed by atoms with Gasteiger partial charge in [0.1, 0.15) is 5.75 Å². The number of carbonyl (C=O) groups is 1. The topological polar surface area (TPSA) is 57.5 Å². The standard InChI is InChI=1S/C14H12O3S/c15-11-5-7-12(8-6-11)18-9-10-3-1-2-4-13(10)14(16)17/h1-8,15H,9H2,(H,16,17). The molecule has 0 heterocycles. The largest absolute Gasteiger partial charge is 0.508 e. The molecule has 0 radical (unpaired) electrons. The van der Waals surface area contributed by atoms with E-state index in [0.29, 0.717) is 11.3 Å². The first-order chi connectivity index (χ1) is 8.66. The predicted molar refractivity (Wildman–Crippen MR) is 71.1 cm³/mol. The van der Waals surface area contributed by atoms with E-state index in [-0.39, 0.29) is 5.75 Å². The van der Waals surface area contributed by atoms with Gasteiger partial charge in [0.05, 0.1) is 5.56 Å². The number of hydrogen-bond acceptors (Lipinski definition) is 3. The molecule has 0 atom stereocenters.